The standard InChI is InChI=1S/C21H21FN4O2/c22-18-7-6-14(12-17(18)21(28)26-10-3-8-23-9-11-26)13-19-15-4-1-2-5-16(15)20(27)25-24-19/h1-2,4-7,12,23H,3,8-11,13H2,(H,25,27)/p+1. The van der Waals surface area contributed by atoms with Crippen molar-refractivity contribution in [2.75, 3.05) is 26.2 Å². The van der Waals surface area contributed by atoms with Crippen LogP contribution >= 0.6 is 0 Å². The third-order valence-corrected chi connectivity index (χ3v) is 5.13. The Morgan fingerprint density at radius 1 is 1.14 bits per heavy atom. The fourth-order valence-electron chi connectivity index (χ4n) is 3.65. The number of halogens is 1. The van der Waals surface area contributed by atoms with E-state index in [4.69, 9.17) is 0 Å². The third kappa shape index (κ3) is 3.66. The number of carbonyl (C=O) groups is 1. The number of aromatic amines is 1. The maximum atomic E-state index is 14.4. The Hall–Kier alpha value is -3.06. The molecule has 28 heavy (non-hydrogen) atoms. The van der Waals surface area contributed by atoms with Gasteiger partial charge in [-0.25, -0.2) is 9.49 Å². The number of aromatic nitrogens is 2. The van der Waals surface area contributed by atoms with Crippen LogP contribution in [0.15, 0.2) is 47.3 Å². The lowest BCUT2D eigenvalue weighted by Gasteiger charge is -2.19. The molecule has 3 N–H and O–H groups in total. The van der Waals surface area contributed by atoms with Crippen molar-refractivity contribution in [3.05, 3.63) is 75.5 Å². The largest absolute Gasteiger partial charge is 0.345 e. The van der Waals surface area contributed by atoms with Crippen LogP contribution in [0.1, 0.15) is 28.0 Å². The highest BCUT2D eigenvalue weighted by Gasteiger charge is 2.22. The quantitative estimate of drug-likeness (QED) is 0.712. The van der Waals surface area contributed by atoms with E-state index >= 15 is 0 Å². The van der Waals surface area contributed by atoms with Gasteiger partial charge in [-0.05, 0) is 23.8 Å². The van der Waals surface area contributed by atoms with Crippen molar-refractivity contribution in [1.29, 1.82) is 0 Å². The molecular weight excluding hydrogens is 359 g/mol. The number of nitrogens with zero attached hydrogens (tertiary/aromatic N) is 2. The summed E-state index contributed by atoms with van der Waals surface area (Å²) in [6.07, 6.45) is 1.30. The van der Waals surface area contributed by atoms with E-state index in [1.165, 1.54) is 6.07 Å². The van der Waals surface area contributed by atoms with Crippen molar-refractivity contribution < 1.29 is 14.5 Å². The molecule has 4 rings (SSSR count). The van der Waals surface area contributed by atoms with Crippen molar-refractivity contribution in [3.8, 4) is 0 Å². The Balaban J connectivity index is 1.65. The molecule has 0 unspecified atom stereocenters. The normalized spacial score (nSPS) is 14.8. The fourth-order valence-corrected chi connectivity index (χ4v) is 3.65. The number of hydrogen-bond donors (Lipinski definition) is 2. The molecule has 0 aliphatic carbocycles. The van der Waals surface area contributed by atoms with Crippen LogP contribution in [-0.4, -0.2) is 47.2 Å². The Kier molecular flexibility index (Phi) is 5.16. The Morgan fingerprint density at radius 2 is 1.96 bits per heavy atom. The minimum absolute atomic E-state index is 0.0909. The molecule has 1 aliphatic heterocycles. The Bertz CT molecular complexity index is 1070. The third-order valence-electron chi connectivity index (χ3n) is 5.13. The molecule has 6 nitrogen and oxygen atoms in total. The summed E-state index contributed by atoms with van der Waals surface area (Å²) in [7, 11) is 0. The minimum atomic E-state index is -0.513. The van der Waals surface area contributed by atoms with Crippen LogP contribution < -0.4 is 10.9 Å². The van der Waals surface area contributed by atoms with E-state index in [9.17, 15) is 14.0 Å². The molecule has 2 aromatic carbocycles. The molecular formula is C21H22FN4O2+. The maximum absolute atomic E-state index is 14.4. The van der Waals surface area contributed by atoms with Crippen LogP contribution in [0, 0.1) is 5.82 Å². The molecule has 1 fully saturated rings. The molecule has 0 atom stereocenters. The van der Waals surface area contributed by atoms with Gasteiger partial charge in [-0.1, -0.05) is 24.3 Å². The van der Waals surface area contributed by atoms with Gasteiger partial charge in [0.15, 0.2) is 0 Å². The number of nitrogens with two attached hydrogens (primary N) is 1. The van der Waals surface area contributed by atoms with Crippen molar-refractivity contribution in [3.63, 3.8) is 0 Å². The summed E-state index contributed by atoms with van der Waals surface area (Å²) in [6.45, 7) is 3.08. The van der Waals surface area contributed by atoms with E-state index in [1.54, 1.807) is 29.2 Å². The Morgan fingerprint density at radius 3 is 2.82 bits per heavy atom. The van der Waals surface area contributed by atoms with Crippen molar-refractivity contribution in [2.45, 2.75) is 12.8 Å². The van der Waals surface area contributed by atoms with E-state index in [1.807, 2.05) is 12.1 Å². The Labute approximate surface area is 161 Å². The van der Waals surface area contributed by atoms with E-state index in [-0.39, 0.29) is 17.0 Å². The second-order valence-electron chi connectivity index (χ2n) is 7.05. The molecule has 2 heterocycles. The first kappa shape index (κ1) is 18.3. The van der Waals surface area contributed by atoms with Crippen LogP contribution in [-0.2, 0) is 6.42 Å². The van der Waals surface area contributed by atoms with Crippen molar-refractivity contribution in [1.82, 2.24) is 15.1 Å². The zero-order chi connectivity index (χ0) is 19.5. The van der Waals surface area contributed by atoms with Gasteiger partial charge in [-0.3, -0.25) is 9.59 Å². The van der Waals surface area contributed by atoms with Gasteiger partial charge < -0.3 is 10.2 Å². The SMILES string of the molecule is O=C(c1cc(Cc2n[nH]c(=O)c3ccccc23)ccc1F)N1CCC[NH2+]CC1. The first-order valence-corrected chi connectivity index (χ1v) is 9.49. The fraction of sp³-hybridized carbons (Fsp3) is 0.286. The summed E-state index contributed by atoms with van der Waals surface area (Å²) in [5, 5.41) is 10.2. The van der Waals surface area contributed by atoms with Crippen LogP contribution in [0.2, 0.25) is 0 Å². The first-order chi connectivity index (χ1) is 13.6. The average molecular weight is 381 g/mol. The lowest BCUT2D eigenvalue weighted by atomic mass is 10.0. The summed E-state index contributed by atoms with van der Waals surface area (Å²) in [6, 6.07) is 11.8. The van der Waals surface area contributed by atoms with Crippen LogP contribution in [0.25, 0.3) is 10.8 Å². The monoisotopic (exact) mass is 381 g/mol. The molecule has 0 saturated carbocycles. The number of carbonyl (C=O) groups excluding carboxylic acids is 1. The lowest BCUT2D eigenvalue weighted by molar-refractivity contribution is -0.651. The summed E-state index contributed by atoms with van der Waals surface area (Å²) < 4.78 is 14.4. The van der Waals surface area contributed by atoms with Gasteiger partial charge in [0.1, 0.15) is 5.82 Å². The number of benzene rings is 2. The van der Waals surface area contributed by atoms with E-state index in [0.717, 1.165) is 30.5 Å². The number of fused-ring (bicyclic) bond motifs is 1. The zero-order valence-electron chi connectivity index (χ0n) is 15.5. The molecule has 7 heteroatoms. The van der Waals surface area contributed by atoms with Gasteiger partial charge in [0.2, 0.25) is 0 Å². The molecule has 1 amide bonds. The van der Waals surface area contributed by atoms with Gasteiger partial charge in [0, 0.05) is 24.8 Å². The molecule has 3 aromatic rings. The average Bonchev–Trinajstić information content (AvgIpc) is 3.01. The second kappa shape index (κ2) is 7.90. The van der Waals surface area contributed by atoms with Gasteiger partial charge in [-0.15, -0.1) is 0 Å². The summed E-state index contributed by atoms with van der Waals surface area (Å²) >= 11 is 0. The topological polar surface area (TPSA) is 82.7 Å². The number of amides is 1. The molecule has 0 radical (unpaired) electrons. The molecule has 0 bridgehead atoms. The minimum Gasteiger partial charge on any atom is -0.345 e. The van der Waals surface area contributed by atoms with Crippen molar-refractivity contribution >= 4 is 16.7 Å². The maximum Gasteiger partial charge on any atom is 0.272 e. The van der Waals surface area contributed by atoms with Gasteiger partial charge in [0.05, 0.1) is 36.3 Å². The number of hydrogen-bond acceptors (Lipinski definition) is 3. The van der Waals surface area contributed by atoms with Gasteiger partial charge in [-0.2, -0.15) is 5.10 Å². The van der Waals surface area contributed by atoms with Crippen LogP contribution in [0.5, 0.6) is 0 Å². The number of rotatable bonds is 3. The molecule has 1 aliphatic rings. The first-order valence-electron chi connectivity index (χ1n) is 9.49. The molecule has 1 aromatic heterocycles. The van der Waals surface area contributed by atoms with Crippen LogP contribution in [0.3, 0.4) is 0 Å². The second-order valence-corrected chi connectivity index (χ2v) is 7.05. The van der Waals surface area contributed by atoms with Gasteiger partial charge in [0.25, 0.3) is 11.5 Å². The van der Waals surface area contributed by atoms with Crippen molar-refractivity contribution in [2.24, 2.45) is 0 Å². The van der Waals surface area contributed by atoms with E-state index in [0.29, 0.717) is 30.6 Å². The highest BCUT2D eigenvalue weighted by molar-refractivity contribution is 5.94. The molecule has 0 spiro atoms. The highest BCUT2D eigenvalue weighted by atomic mass is 19.1. The van der Waals surface area contributed by atoms with Gasteiger partial charge >= 0.3 is 0 Å². The zero-order valence-corrected chi connectivity index (χ0v) is 15.5. The summed E-state index contributed by atoms with van der Waals surface area (Å²) in [5.41, 5.74) is 1.31. The number of H-pyrrole nitrogens is 1. The molecule has 144 valence electrons. The van der Waals surface area contributed by atoms with E-state index in [2.05, 4.69) is 15.5 Å². The van der Waals surface area contributed by atoms with Crippen LogP contribution in [0.4, 0.5) is 4.39 Å². The summed E-state index contributed by atoms with van der Waals surface area (Å²) in [4.78, 5) is 26.5. The van der Waals surface area contributed by atoms with E-state index < -0.39 is 5.82 Å². The highest BCUT2D eigenvalue weighted by Crippen LogP contribution is 2.19. The number of nitrogens with one attached hydrogen (secondary N) is 1. The summed E-state index contributed by atoms with van der Waals surface area (Å²) in [5.74, 6) is -0.782. The smallest absolute Gasteiger partial charge is 0.272 e. The predicted molar refractivity (Wildman–Crippen MR) is 104 cm³/mol. The predicted octanol–water partition coefficient (Wildman–Crippen LogP) is 1.06. The lowest BCUT2D eigenvalue weighted by Crippen LogP contribution is -2.84. The molecule has 1 saturated heterocycles. The number of quaternary nitrogens is 1.